The summed E-state index contributed by atoms with van der Waals surface area (Å²) in [4.78, 5) is 0. The first kappa shape index (κ1) is 14.8. The molecule has 1 unspecified atom stereocenters. The van der Waals surface area contributed by atoms with E-state index in [1.165, 1.54) is 5.56 Å². The van der Waals surface area contributed by atoms with Gasteiger partial charge in [-0.1, -0.05) is 6.07 Å². The lowest BCUT2D eigenvalue weighted by atomic mass is 10.1. The van der Waals surface area contributed by atoms with Crippen molar-refractivity contribution in [1.82, 2.24) is 5.32 Å². The Morgan fingerprint density at radius 1 is 1.33 bits per heavy atom. The van der Waals surface area contributed by atoms with Crippen LogP contribution in [0.15, 0.2) is 18.2 Å². The second kappa shape index (κ2) is 7.95. The fourth-order valence-electron chi connectivity index (χ4n) is 1.87. The highest BCUT2D eigenvalue weighted by Gasteiger charge is 2.08. The number of methoxy groups -OCH3 is 1. The summed E-state index contributed by atoms with van der Waals surface area (Å²) in [6.07, 6.45) is 0.948. The van der Waals surface area contributed by atoms with Crippen LogP contribution >= 0.6 is 0 Å². The van der Waals surface area contributed by atoms with Gasteiger partial charge in [0.2, 0.25) is 0 Å². The molecule has 1 rings (SSSR count). The van der Waals surface area contributed by atoms with Gasteiger partial charge >= 0.3 is 0 Å². The zero-order chi connectivity index (χ0) is 13.4. The third-order valence-electron chi connectivity index (χ3n) is 2.71. The molecule has 1 aromatic carbocycles. The first-order valence-electron chi connectivity index (χ1n) is 6.44. The lowest BCUT2D eigenvalue weighted by molar-refractivity contribution is 0.310. The summed E-state index contributed by atoms with van der Waals surface area (Å²) in [5, 5.41) is 3.36. The highest BCUT2D eigenvalue weighted by atomic mass is 16.5. The zero-order valence-corrected chi connectivity index (χ0v) is 11.5. The van der Waals surface area contributed by atoms with Crippen LogP contribution in [-0.2, 0) is 6.42 Å². The summed E-state index contributed by atoms with van der Waals surface area (Å²) in [5.74, 6) is 1.59. The Kier molecular flexibility index (Phi) is 6.54. The van der Waals surface area contributed by atoms with Gasteiger partial charge < -0.3 is 20.5 Å². The predicted octanol–water partition coefficient (Wildman–Crippen LogP) is 1.57. The van der Waals surface area contributed by atoms with Gasteiger partial charge in [-0.2, -0.15) is 0 Å². The van der Waals surface area contributed by atoms with Gasteiger partial charge in [-0.3, -0.25) is 0 Å². The lowest BCUT2D eigenvalue weighted by Gasteiger charge is -2.15. The lowest BCUT2D eigenvalue weighted by Crippen LogP contribution is -2.32. The van der Waals surface area contributed by atoms with Gasteiger partial charge in [-0.25, -0.2) is 0 Å². The van der Waals surface area contributed by atoms with Crippen LogP contribution < -0.4 is 20.5 Å². The van der Waals surface area contributed by atoms with E-state index in [0.29, 0.717) is 19.2 Å². The summed E-state index contributed by atoms with van der Waals surface area (Å²) < 4.78 is 10.8. The molecule has 0 aliphatic carbocycles. The molecule has 102 valence electrons. The van der Waals surface area contributed by atoms with E-state index in [4.69, 9.17) is 15.2 Å². The molecule has 1 atom stereocenters. The van der Waals surface area contributed by atoms with Gasteiger partial charge in [-0.05, 0) is 38.0 Å². The number of ether oxygens (including phenoxy) is 2. The minimum absolute atomic E-state index is 0.399. The summed E-state index contributed by atoms with van der Waals surface area (Å²) in [6, 6.07) is 6.47. The van der Waals surface area contributed by atoms with Gasteiger partial charge in [0.15, 0.2) is 11.5 Å². The largest absolute Gasteiger partial charge is 0.493 e. The minimum atomic E-state index is 0.399. The molecule has 0 saturated carbocycles. The van der Waals surface area contributed by atoms with Crippen LogP contribution in [0.3, 0.4) is 0 Å². The van der Waals surface area contributed by atoms with E-state index in [9.17, 15) is 0 Å². The van der Waals surface area contributed by atoms with Crippen molar-refractivity contribution < 1.29 is 9.47 Å². The Labute approximate surface area is 109 Å². The summed E-state index contributed by atoms with van der Waals surface area (Å²) in [5.41, 5.74) is 6.71. The van der Waals surface area contributed by atoms with Crippen LogP contribution in [0.5, 0.6) is 11.5 Å². The van der Waals surface area contributed by atoms with Gasteiger partial charge in [0, 0.05) is 19.1 Å². The molecule has 4 heteroatoms. The van der Waals surface area contributed by atoms with Gasteiger partial charge in [0.05, 0.1) is 13.7 Å². The number of hydrogen-bond donors (Lipinski definition) is 2. The van der Waals surface area contributed by atoms with Crippen LogP contribution in [0.2, 0.25) is 0 Å². The number of benzene rings is 1. The number of rotatable bonds is 8. The maximum atomic E-state index is 5.57. The van der Waals surface area contributed by atoms with Crippen LogP contribution in [0, 0.1) is 0 Å². The quantitative estimate of drug-likeness (QED) is 0.737. The minimum Gasteiger partial charge on any atom is -0.493 e. The fraction of sp³-hybridized carbons (Fsp3) is 0.571. The van der Waals surface area contributed by atoms with Crippen molar-refractivity contribution in [2.24, 2.45) is 5.73 Å². The smallest absolute Gasteiger partial charge is 0.161 e. The molecular formula is C14H24N2O2. The summed E-state index contributed by atoms with van der Waals surface area (Å²) in [7, 11) is 1.66. The molecule has 0 fully saturated rings. The molecule has 0 radical (unpaired) electrons. The Morgan fingerprint density at radius 2 is 2.11 bits per heavy atom. The monoisotopic (exact) mass is 252 g/mol. The molecule has 0 saturated heterocycles. The first-order chi connectivity index (χ1) is 8.71. The van der Waals surface area contributed by atoms with Gasteiger partial charge in [0.25, 0.3) is 0 Å². The van der Waals surface area contributed by atoms with Crippen molar-refractivity contribution in [2.75, 3.05) is 26.8 Å². The Bertz CT molecular complexity index is 356. The van der Waals surface area contributed by atoms with Gasteiger partial charge in [0.1, 0.15) is 0 Å². The average Bonchev–Trinajstić information content (AvgIpc) is 2.37. The molecular weight excluding hydrogens is 228 g/mol. The third kappa shape index (κ3) is 4.55. The van der Waals surface area contributed by atoms with E-state index in [2.05, 4.69) is 18.3 Å². The highest BCUT2D eigenvalue weighted by molar-refractivity contribution is 5.43. The topological polar surface area (TPSA) is 56.5 Å². The number of nitrogens with two attached hydrogens (primary N) is 1. The maximum Gasteiger partial charge on any atom is 0.161 e. The molecule has 0 aromatic heterocycles. The van der Waals surface area contributed by atoms with Crippen LogP contribution in [0.4, 0.5) is 0 Å². The van der Waals surface area contributed by atoms with Crippen LogP contribution in [0.25, 0.3) is 0 Å². The molecule has 3 N–H and O–H groups in total. The standard InChI is InChI=1S/C14H24N2O2/c1-4-18-14-10-12(5-6-13(14)17-3)9-11(2)16-8-7-15/h5-6,10-11,16H,4,7-9,15H2,1-3H3. The van der Waals surface area contributed by atoms with Crippen LogP contribution in [-0.4, -0.2) is 32.8 Å². The van der Waals surface area contributed by atoms with Gasteiger partial charge in [-0.15, -0.1) is 0 Å². The van der Waals surface area contributed by atoms with Crippen molar-refractivity contribution in [3.8, 4) is 11.5 Å². The van der Waals surface area contributed by atoms with E-state index in [1.807, 2.05) is 19.1 Å². The SMILES string of the molecule is CCOc1cc(CC(C)NCCN)ccc1OC. The Hall–Kier alpha value is -1.26. The molecule has 1 aromatic rings. The van der Waals surface area contributed by atoms with Crippen molar-refractivity contribution in [3.63, 3.8) is 0 Å². The van der Waals surface area contributed by atoms with E-state index in [-0.39, 0.29) is 0 Å². The van der Waals surface area contributed by atoms with E-state index >= 15 is 0 Å². The molecule has 4 nitrogen and oxygen atoms in total. The maximum absolute atomic E-state index is 5.57. The third-order valence-corrected chi connectivity index (χ3v) is 2.71. The second-order valence-corrected chi connectivity index (χ2v) is 4.27. The number of hydrogen-bond acceptors (Lipinski definition) is 4. The Morgan fingerprint density at radius 3 is 2.72 bits per heavy atom. The average molecular weight is 252 g/mol. The summed E-state index contributed by atoms with van der Waals surface area (Å²) >= 11 is 0. The van der Waals surface area contributed by atoms with Crippen molar-refractivity contribution in [1.29, 1.82) is 0 Å². The second-order valence-electron chi connectivity index (χ2n) is 4.27. The molecule has 0 amide bonds. The number of nitrogens with one attached hydrogen (secondary N) is 1. The predicted molar refractivity (Wildman–Crippen MR) is 74.4 cm³/mol. The fourth-order valence-corrected chi connectivity index (χ4v) is 1.87. The van der Waals surface area contributed by atoms with E-state index in [0.717, 1.165) is 24.5 Å². The first-order valence-corrected chi connectivity index (χ1v) is 6.44. The van der Waals surface area contributed by atoms with E-state index < -0.39 is 0 Å². The zero-order valence-electron chi connectivity index (χ0n) is 11.5. The van der Waals surface area contributed by atoms with Crippen molar-refractivity contribution in [2.45, 2.75) is 26.3 Å². The van der Waals surface area contributed by atoms with E-state index in [1.54, 1.807) is 7.11 Å². The molecule has 0 aliphatic rings. The summed E-state index contributed by atoms with van der Waals surface area (Å²) in [6.45, 7) is 6.27. The molecule has 0 heterocycles. The normalized spacial score (nSPS) is 12.2. The molecule has 0 bridgehead atoms. The molecule has 18 heavy (non-hydrogen) atoms. The highest BCUT2D eigenvalue weighted by Crippen LogP contribution is 2.28. The Balaban J connectivity index is 2.68. The van der Waals surface area contributed by atoms with Crippen molar-refractivity contribution in [3.05, 3.63) is 23.8 Å². The van der Waals surface area contributed by atoms with Crippen molar-refractivity contribution >= 4 is 0 Å². The van der Waals surface area contributed by atoms with Crippen LogP contribution in [0.1, 0.15) is 19.4 Å². The molecule has 0 aliphatic heterocycles. The molecule has 0 spiro atoms.